The van der Waals surface area contributed by atoms with Crippen molar-refractivity contribution in [1.29, 1.82) is 0 Å². The van der Waals surface area contributed by atoms with Gasteiger partial charge in [0.05, 0.1) is 5.39 Å². The highest BCUT2D eigenvalue weighted by Gasteiger charge is 2.24. The molecule has 0 aliphatic carbocycles. The smallest absolute Gasteiger partial charge is 0.225 e. The number of hydrogen-bond acceptors (Lipinski definition) is 4. The summed E-state index contributed by atoms with van der Waals surface area (Å²) in [6.07, 6.45) is 3.54. The van der Waals surface area contributed by atoms with E-state index in [1.165, 1.54) is 34.4 Å². The summed E-state index contributed by atoms with van der Waals surface area (Å²) in [6, 6.07) is 8.89. The lowest BCUT2D eigenvalue weighted by molar-refractivity contribution is 0.445. The molecule has 1 unspecified atom stereocenters. The summed E-state index contributed by atoms with van der Waals surface area (Å²) in [7, 11) is 0. The topological polar surface area (TPSA) is 29.0 Å². The standard InChI is InChI=1S/C21H24ClN3S/c1-4-15-7-9-16(10-8-15)17-14(3)26-20-18(17)19(23-21(22)24-20)25-11-5-6-13(2)12-25/h7-10,13H,4-6,11-12H2,1-3H3. The summed E-state index contributed by atoms with van der Waals surface area (Å²) >= 11 is 8.00. The number of aryl methyl sites for hydroxylation is 2. The Kier molecular flexibility index (Phi) is 4.89. The van der Waals surface area contributed by atoms with E-state index >= 15 is 0 Å². The quantitative estimate of drug-likeness (QED) is 0.508. The van der Waals surface area contributed by atoms with Gasteiger partial charge < -0.3 is 4.90 Å². The van der Waals surface area contributed by atoms with E-state index in [0.29, 0.717) is 11.2 Å². The summed E-state index contributed by atoms with van der Waals surface area (Å²) in [5, 5.41) is 1.51. The molecule has 4 rings (SSSR count). The number of piperidine rings is 1. The second kappa shape index (κ2) is 7.16. The third-order valence-corrected chi connectivity index (χ3v) is 6.46. The van der Waals surface area contributed by atoms with Crippen LogP contribution in [0.4, 0.5) is 5.82 Å². The number of hydrogen-bond donors (Lipinski definition) is 0. The summed E-state index contributed by atoms with van der Waals surface area (Å²) in [6.45, 7) is 8.74. The maximum atomic E-state index is 6.28. The van der Waals surface area contributed by atoms with E-state index in [1.54, 1.807) is 11.3 Å². The highest BCUT2D eigenvalue weighted by molar-refractivity contribution is 7.19. The molecule has 1 aliphatic heterocycles. The third-order valence-electron chi connectivity index (χ3n) is 5.29. The number of nitrogens with zero attached hydrogens (tertiary/aromatic N) is 3. The maximum absolute atomic E-state index is 6.28. The van der Waals surface area contributed by atoms with Crippen molar-refractivity contribution in [3.63, 3.8) is 0 Å². The van der Waals surface area contributed by atoms with Crippen LogP contribution in [-0.4, -0.2) is 23.1 Å². The summed E-state index contributed by atoms with van der Waals surface area (Å²) in [4.78, 5) is 13.9. The molecule has 0 radical (unpaired) electrons. The molecule has 3 heterocycles. The van der Waals surface area contributed by atoms with E-state index in [-0.39, 0.29) is 0 Å². The molecule has 1 fully saturated rings. The first-order valence-corrected chi connectivity index (χ1v) is 10.6. The minimum atomic E-state index is 0.347. The van der Waals surface area contributed by atoms with Crippen LogP contribution in [0.3, 0.4) is 0 Å². The van der Waals surface area contributed by atoms with Gasteiger partial charge in [0.15, 0.2) is 0 Å². The molecule has 0 N–H and O–H groups in total. The Morgan fingerprint density at radius 2 is 2.00 bits per heavy atom. The molecule has 3 nitrogen and oxygen atoms in total. The van der Waals surface area contributed by atoms with Crippen LogP contribution in [0.1, 0.15) is 37.1 Å². The average molecular weight is 386 g/mol. The number of anilines is 1. The second-order valence-electron chi connectivity index (χ2n) is 7.27. The Morgan fingerprint density at radius 1 is 1.23 bits per heavy atom. The Bertz CT molecular complexity index is 933. The first-order valence-electron chi connectivity index (χ1n) is 9.37. The lowest BCUT2D eigenvalue weighted by atomic mass is 9.98. The zero-order valence-electron chi connectivity index (χ0n) is 15.6. The molecule has 1 saturated heterocycles. The number of benzene rings is 1. The summed E-state index contributed by atoms with van der Waals surface area (Å²) < 4.78 is 0. The fraction of sp³-hybridized carbons (Fsp3) is 0.429. The predicted molar refractivity (Wildman–Crippen MR) is 113 cm³/mol. The molecule has 1 atom stereocenters. The van der Waals surface area contributed by atoms with Crippen LogP contribution in [0.5, 0.6) is 0 Å². The molecule has 0 bridgehead atoms. The molecular weight excluding hydrogens is 362 g/mol. The van der Waals surface area contributed by atoms with Gasteiger partial charge in [-0.15, -0.1) is 11.3 Å². The Hall–Kier alpha value is -1.65. The Morgan fingerprint density at radius 3 is 2.69 bits per heavy atom. The monoisotopic (exact) mass is 385 g/mol. The molecule has 26 heavy (non-hydrogen) atoms. The van der Waals surface area contributed by atoms with Crippen LogP contribution in [0.25, 0.3) is 21.3 Å². The molecule has 136 valence electrons. The normalized spacial score (nSPS) is 17.8. The fourth-order valence-electron chi connectivity index (χ4n) is 3.93. The van der Waals surface area contributed by atoms with Crippen molar-refractivity contribution < 1.29 is 0 Å². The van der Waals surface area contributed by atoms with E-state index in [2.05, 4.69) is 59.9 Å². The Labute approximate surface area is 164 Å². The van der Waals surface area contributed by atoms with Crippen molar-refractivity contribution in [1.82, 2.24) is 9.97 Å². The largest absolute Gasteiger partial charge is 0.356 e. The van der Waals surface area contributed by atoms with Gasteiger partial charge in [-0.05, 0) is 54.8 Å². The van der Waals surface area contributed by atoms with Crippen molar-refractivity contribution in [2.45, 2.75) is 40.0 Å². The van der Waals surface area contributed by atoms with Gasteiger partial charge in [-0.2, -0.15) is 4.98 Å². The predicted octanol–water partition coefficient (Wildman–Crippen LogP) is 6.12. The zero-order valence-corrected chi connectivity index (χ0v) is 17.1. The summed E-state index contributed by atoms with van der Waals surface area (Å²) in [5.74, 6) is 1.69. The Balaban J connectivity index is 1.91. The van der Waals surface area contributed by atoms with E-state index in [0.717, 1.165) is 35.5 Å². The van der Waals surface area contributed by atoms with Crippen LogP contribution in [0.15, 0.2) is 24.3 Å². The van der Waals surface area contributed by atoms with Gasteiger partial charge in [0.25, 0.3) is 0 Å². The number of fused-ring (bicyclic) bond motifs is 1. The molecule has 1 aromatic carbocycles. The molecule has 1 aliphatic rings. The van der Waals surface area contributed by atoms with Gasteiger partial charge in [-0.25, -0.2) is 4.98 Å². The molecule has 0 saturated carbocycles. The number of halogens is 1. The van der Waals surface area contributed by atoms with Gasteiger partial charge in [-0.1, -0.05) is 38.1 Å². The lowest BCUT2D eigenvalue weighted by Gasteiger charge is -2.32. The van der Waals surface area contributed by atoms with Crippen molar-refractivity contribution in [2.75, 3.05) is 18.0 Å². The van der Waals surface area contributed by atoms with Crippen LogP contribution in [0.2, 0.25) is 5.28 Å². The van der Waals surface area contributed by atoms with Crippen molar-refractivity contribution in [3.05, 3.63) is 40.0 Å². The van der Waals surface area contributed by atoms with Crippen LogP contribution in [0, 0.1) is 12.8 Å². The second-order valence-corrected chi connectivity index (χ2v) is 8.81. The molecule has 3 aromatic rings. The van der Waals surface area contributed by atoms with Crippen LogP contribution < -0.4 is 4.90 Å². The van der Waals surface area contributed by atoms with Gasteiger partial charge in [-0.3, -0.25) is 0 Å². The first kappa shape index (κ1) is 17.7. The zero-order chi connectivity index (χ0) is 18.3. The van der Waals surface area contributed by atoms with Gasteiger partial charge in [0.2, 0.25) is 5.28 Å². The molecule has 0 spiro atoms. The first-order chi connectivity index (χ1) is 12.6. The fourth-order valence-corrected chi connectivity index (χ4v) is 5.19. The minimum Gasteiger partial charge on any atom is -0.356 e. The SMILES string of the molecule is CCc1ccc(-c2c(C)sc3nc(Cl)nc(N4CCCC(C)C4)c23)cc1. The van der Waals surface area contributed by atoms with E-state index in [1.807, 2.05) is 0 Å². The number of aromatic nitrogens is 2. The minimum absolute atomic E-state index is 0.347. The highest BCUT2D eigenvalue weighted by atomic mass is 35.5. The maximum Gasteiger partial charge on any atom is 0.225 e. The van der Waals surface area contributed by atoms with Gasteiger partial charge in [0.1, 0.15) is 10.6 Å². The van der Waals surface area contributed by atoms with Crippen LogP contribution >= 0.6 is 22.9 Å². The molecule has 0 amide bonds. The van der Waals surface area contributed by atoms with Gasteiger partial charge in [0, 0.05) is 23.5 Å². The molecular formula is C21H24ClN3S. The van der Waals surface area contributed by atoms with Gasteiger partial charge >= 0.3 is 0 Å². The van der Waals surface area contributed by atoms with Crippen molar-refractivity contribution in [3.8, 4) is 11.1 Å². The van der Waals surface area contributed by atoms with E-state index < -0.39 is 0 Å². The number of rotatable bonds is 3. The average Bonchev–Trinajstić information content (AvgIpc) is 2.96. The van der Waals surface area contributed by atoms with Crippen LogP contribution in [-0.2, 0) is 6.42 Å². The van der Waals surface area contributed by atoms with E-state index in [9.17, 15) is 0 Å². The highest BCUT2D eigenvalue weighted by Crippen LogP contribution is 2.43. The number of thiophene rings is 1. The van der Waals surface area contributed by atoms with E-state index in [4.69, 9.17) is 11.6 Å². The van der Waals surface area contributed by atoms with Crippen molar-refractivity contribution in [2.24, 2.45) is 5.92 Å². The molecule has 2 aromatic heterocycles. The molecule has 5 heteroatoms. The lowest BCUT2D eigenvalue weighted by Crippen LogP contribution is -2.35. The third kappa shape index (κ3) is 3.21. The summed E-state index contributed by atoms with van der Waals surface area (Å²) in [5.41, 5.74) is 3.86. The van der Waals surface area contributed by atoms with Crippen molar-refractivity contribution >= 4 is 39.0 Å².